The van der Waals surface area contributed by atoms with Crippen molar-refractivity contribution in [1.29, 1.82) is 0 Å². The third kappa shape index (κ3) is 1.56. The molecule has 4 atom stereocenters. The first-order chi connectivity index (χ1) is 10.9. The van der Waals surface area contributed by atoms with Crippen LogP contribution in [0.2, 0.25) is 0 Å². The maximum atomic E-state index is 13.3. The number of hydrogen-bond acceptors (Lipinski definition) is 2. The van der Waals surface area contributed by atoms with Crippen LogP contribution in [0.5, 0.6) is 0 Å². The van der Waals surface area contributed by atoms with E-state index in [2.05, 4.69) is 43.2 Å². The van der Waals surface area contributed by atoms with E-state index in [4.69, 9.17) is 0 Å². The van der Waals surface area contributed by atoms with Gasteiger partial charge in [0.25, 0.3) is 0 Å². The first-order valence-corrected chi connectivity index (χ1v) is 8.85. The monoisotopic (exact) mass is 308 g/mol. The van der Waals surface area contributed by atoms with Crippen LogP contribution >= 0.6 is 0 Å². The summed E-state index contributed by atoms with van der Waals surface area (Å²) in [7, 11) is 0. The Morgan fingerprint density at radius 3 is 2.78 bits per heavy atom. The molecule has 2 aliphatic carbocycles. The van der Waals surface area contributed by atoms with Gasteiger partial charge in [0.15, 0.2) is 5.78 Å². The Labute approximate surface area is 136 Å². The van der Waals surface area contributed by atoms with Gasteiger partial charge in [-0.2, -0.15) is 0 Å². The van der Waals surface area contributed by atoms with E-state index in [0.29, 0.717) is 17.6 Å². The molecule has 0 spiro atoms. The lowest BCUT2D eigenvalue weighted by Gasteiger charge is -2.58. The number of carbonyl (C=O) groups excluding carboxylic acids is 1. The van der Waals surface area contributed by atoms with Gasteiger partial charge in [0.2, 0.25) is 0 Å². The van der Waals surface area contributed by atoms with Gasteiger partial charge in [-0.15, -0.1) is 0 Å². The summed E-state index contributed by atoms with van der Waals surface area (Å²) in [4.78, 5) is 17.0. The van der Waals surface area contributed by atoms with Crippen molar-refractivity contribution in [2.24, 2.45) is 11.8 Å². The predicted octanol–water partition coefficient (Wildman–Crippen LogP) is 3.79. The minimum absolute atomic E-state index is 0.0294. The first kappa shape index (κ1) is 13.8. The van der Waals surface area contributed by atoms with Gasteiger partial charge in [0.1, 0.15) is 0 Å². The number of aromatic amines is 1. The number of piperidine rings is 1. The van der Waals surface area contributed by atoms with Gasteiger partial charge >= 0.3 is 0 Å². The highest BCUT2D eigenvalue weighted by Crippen LogP contribution is 2.56. The fraction of sp³-hybridized carbons (Fsp3) is 0.550. The summed E-state index contributed by atoms with van der Waals surface area (Å²) in [6.45, 7) is 6.92. The number of rotatable bonds is 0. The number of hydrogen-bond donors (Lipinski definition) is 2. The Kier molecular flexibility index (Phi) is 2.44. The summed E-state index contributed by atoms with van der Waals surface area (Å²) in [5.74, 6) is 1.39. The zero-order valence-electron chi connectivity index (χ0n) is 14.1. The van der Waals surface area contributed by atoms with Crippen LogP contribution in [0.3, 0.4) is 0 Å². The van der Waals surface area contributed by atoms with E-state index in [1.54, 1.807) is 0 Å². The number of ketones is 1. The third-order valence-corrected chi connectivity index (χ3v) is 7.13. The number of aromatic nitrogens is 1. The van der Waals surface area contributed by atoms with Crippen molar-refractivity contribution in [3.63, 3.8) is 0 Å². The molecule has 3 heteroatoms. The summed E-state index contributed by atoms with van der Waals surface area (Å²) in [5.41, 5.74) is 3.40. The van der Waals surface area contributed by atoms with Gasteiger partial charge in [0, 0.05) is 33.1 Å². The topological polar surface area (TPSA) is 44.9 Å². The molecule has 4 unspecified atom stereocenters. The molecule has 2 fully saturated rings. The molecule has 23 heavy (non-hydrogen) atoms. The van der Waals surface area contributed by atoms with E-state index in [1.807, 2.05) is 12.1 Å². The van der Waals surface area contributed by atoms with E-state index < -0.39 is 0 Å². The largest absolute Gasteiger partial charge is 0.357 e. The molecule has 0 amide bonds. The molecule has 120 valence electrons. The molecule has 1 saturated heterocycles. The molecule has 2 N–H and O–H groups in total. The SMILES string of the molecule is CC1(C)NC2C(=O)c3c([nH]c4ccccc34)C3(C)CCC1CC23. The molecule has 1 aromatic carbocycles. The van der Waals surface area contributed by atoms with Gasteiger partial charge < -0.3 is 10.3 Å². The molecule has 3 nitrogen and oxygen atoms in total. The quantitative estimate of drug-likeness (QED) is 0.778. The number of para-hydroxylation sites is 1. The number of fused-ring (bicyclic) bond motifs is 5. The van der Waals surface area contributed by atoms with Crippen LogP contribution < -0.4 is 5.32 Å². The van der Waals surface area contributed by atoms with E-state index in [0.717, 1.165) is 16.5 Å². The minimum Gasteiger partial charge on any atom is -0.357 e. The Balaban J connectivity index is 1.79. The number of nitrogens with one attached hydrogen (secondary N) is 2. The van der Waals surface area contributed by atoms with Crippen LogP contribution in [0.15, 0.2) is 24.3 Å². The average Bonchev–Trinajstić information content (AvgIpc) is 2.92. The molecule has 1 saturated carbocycles. The van der Waals surface area contributed by atoms with Gasteiger partial charge in [-0.1, -0.05) is 25.1 Å². The summed E-state index contributed by atoms with van der Waals surface area (Å²) < 4.78 is 0. The molecule has 5 rings (SSSR count). The lowest BCUT2D eigenvalue weighted by molar-refractivity contribution is 0.00379. The highest BCUT2D eigenvalue weighted by atomic mass is 16.1. The van der Waals surface area contributed by atoms with Crippen molar-refractivity contribution >= 4 is 16.7 Å². The molecular weight excluding hydrogens is 284 g/mol. The van der Waals surface area contributed by atoms with Crippen molar-refractivity contribution in [2.75, 3.05) is 0 Å². The number of H-pyrrole nitrogens is 1. The van der Waals surface area contributed by atoms with Gasteiger partial charge in [0.05, 0.1) is 6.04 Å². The standard InChI is InChI=1S/C20H24N2O/c1-19(2)11-8-9-20(3)13(10-11)16(22-19)17(23)15-12-6-4-5-7-14(12)21-18(15)20/h4-7,11,13,16,21-22H,8-10H2,1-3H3. The Hall–Kier alpha value is -1.61. The normalized spacial score (nSPS) is 37.7. The summed E-state index contributed by atoms with van der Waals surface area (Å²) >= 11 is 0. The van der Waals surface area contributed by atoms with Crippen molar-refractivity contribution in [1.82, 2.24) is 10.3 Å². The number of carbonyl (C=O) groups is 1. The molecule has 2 aromatic rings. The smallest absolute Gasteiger partial charge is 0.182 e. The molecule has 0 radical (unpaired) electrons. The second kappa shape index (κ2) is 4.07. The summed E-state index contributed by atoms with van der Waals surface area (Å²) in [6.07, 6.45) is 3.58. The van der Waals surface area contributed by atoms with E-state index in [9.17, 15) is 4.79 Å². The second-order valence-corrected chi connectivity index (χ2v) is 8.62. The van der Waals surface area contributed by atoms with Crippen molar-refractivity contribution in [3.8, 4) is 0 Å². The Morgan fingerprint density at radius 1 is 1.17 bits per heavy atom. The molecule has 2 heterocycles. The maximum absolute atomic E-state index is 13.3. The summed E-state index contributed by atoms with van der Waals surface area (Å²) in [6, 6.07) is 8.23. The van der Waals surface area contributed by atoms with E-state index >= 15 is 0 Å². The first-order valence-electron chi connectivity index (χ1n) is 8.85. The second-order valence-electron chi connectivity index (χ2n) is 8.62. The highest BCUT2D eigenvalue weighted by molar-refractivity contribution is 6.13. The Bertz CT molecular complexity index is 833. The zero-order valence-corrected chi connectivity index (χ0v) is 14.1. The van der Waals surface area contributed by atoms with Gasteiger partial charge in [-0.3, -0.25) is 4.79 Å². The Morgan fingerprint density at radius 2 is 1.96 bits per heavy atom. The molecule has 1 aromatic heterocycles. The minimum atomic E-state index is -0.0294. The zero-order chi connectivity index (χ0) is 16.0. The maximum Gasteiger partial charge on any atom is 0.182 e. The van der Waals surface area contributed by atoms with Crippen molar-refractivity contribution in [3.05, 3.63) is 35.5 Å². The lowest BCUT2D eigenvalue weighted by atomic mass is 9.51. The van der Waals surface area contributed by atoms with Gasteiger partial charge in [-0.25, -0.2) is 0 Å². The molecular formula is C20H24N2O. The van der Waals surface area contributed by atoms with Crippen LogP contribution in [-0.4, -0.2) is 22.3 Å². The molecule has 1 aliphatic heterocycles. The van der Waals surface area contributed by atoms with Crippen LogP contribution in [-0.2, 0) is 5.41 Å². The van der Waals surface area contributed by atoms with E-state index in [1.165, 1.54) is 25.0 Å². The lowest BCUT2D eigenvalue weighted by Crippen LogP contribution is -2.68. The average molecular weight is 308 g/mol. The fourth-order valence-corrected chi connectivity index (χ4v) is 5.66. The summed E-state index contributed by atoms with van der Waals surface area (Å²) in [5, 5.41) is 4.83. The molecule has 2 bridgehead atoms. The van der Waals surface area contributed by atoms with Crippen molar-refractivity contribution < 1.29 is 4.79 Å². The predicted molar refractivity (Wildman–Crippen MR) is 91.8 cm³/mol. The van der Waals surface area contributed by atoms with Gasteiger partial charge in [-0.05, 0) is 51.0 Å². The third-order valence-electron chi connectivity index (χ3n) is 7.13. The van der Waals surface area contributed by atoms with Crippen LogP contribution in [0.25, 0.3) is 10.9 Å². The van der Waals surface area contributed by atoms with Crippen molar-refractivity contribution in [2.45, 2.75) is 57.0 Å². The van der Waals surface area contributed by atoms with Crippen LogP contribution in [0.1, 0.15) is 56.1 Å². The van der Waals surface area contributed by atoms with Crippen LogP contribution in [0, 0.1) is 11.8 Å². The van der Waals surface area contributed by atoms with Crippen LogP contribution in [0.4, 0.5) is 0 Å². The molecule has 3 aliphatic rings. The highest BCUT2D eigenvalue weighted by Gasteiger charge is 2.58. The number of benzene rings is 1. The fourth-order valence-electron chi connectivity index (χ4n) is 5.66. The number of Topliss-reactive ketones (excluding diaryl/α,β-unsaturated/α-hetero) is 1. The van der Waals surface area contributed by atoms with E-state index in [-0.39, 0.29) is 17.0 Å².